The van der Waals surface area contributed by atoms with Gasteiger partial charge in [-0.3, -0.25) is 4.79 Å². The van der Waals surface area contributed by atoms with Crippen molar-refractivity contribution in [1.82, 2.24) is 0 Å². The van der Waals surface area contributed by atoms with Crippen molar-refractivity contribution in [1.29, 1.82) is 0 Å². The summed E-state index contributed by atoms with van der Waals surface area (Å²) in [6.07, 6.45) is 8.04. The molecule has 0 unspecified atom stereocenters. The molecule has 0 spiro atoms. The van der Waals surface area contributed by atoms with Gasteiger partial charge in [0.2, 0.25) is 0 Å². The van der Waals surface area contributed by atoms with Crippen LogP contribution in [0.15, 0.2) is 120 Å². The maximum Gasteiger partial charge on any atom is 0.152 e. The molecule has 0 saturated carbocycles. The number of hydrogen-bond acceptors (Lipinski definition) is 1. The zero-order chi connectivity index (χ0) is 20.1. The monoisotopic (exact) mass is 374 g/mol. The van der Waals surface area contributed by atoms with Gasteiger partial charge in [-0.15, -0.1) is 0 Å². The lowest BCUT2D eigenvalue weighted by Gasteiger charge is -2.10. The average molecular weight is 374 g/mol. The quantitative estimate of drug-likeness (QED) is 0.451. The lowest BCUT2D eigenvalue weighted by Crippen LogP contribution is -1.91. The molecule has 1 heteroatoms. The van der Waals surface area contributed by atoms with Crippen molar-refractivity contribution < 1.29 is 4.79 Å². The molecule has 1 nitrogen and oxygen atoms in total. The highest BCUT2D eigenvalue weighted by Crippen LogP contribution is 2.43. The highest BCUT2D eigenvalue weighted by atomic mass is 16.1. The summed E-state index contributed by atoms with van der Waals surface area (Å²) in [5.74, 6) is 0.0396. The van der Waals surface area contributed by atoms with E-state index in [4.69, 9.17) is 0 Å². The molecule has 0 heterocycles. The molecule has 0 aromatic heterocycles. The molecule has 0 saturated heterocycles. The summed E-state index contributed by atoms with van der Waals surface area (Å²) in [5, 5.41) is 0. The van der Waals surface area contributed by atoms with Crippen LogP contribution < -0.4 is 0 Å². The molecule has 0 N–H and O–H groups in total. The van der Waals surface area contributed by atoms with Gasteiger partial charge in [-0.2, -0.15) is 0 Å². The minimum Gasteiger partial charge on any atom is -0.295 e. The van der Waals surface area contributed by atoms with Gasteiger partial charge in [0.15, 0.2) is 5.78 Å². The van der Waals surface area contributed by atoms with Gasteiger partial charge in [0.1, 0.15) is 0 Å². The fraction of sp³-hybridized carbons (Fsp3) is 0.0357. The van der Waals surface area contributed by atoms with Crippen LogP contribution in [-0.2, 0) is 4.79 Å². The summed E-state index contributed by atoms with van der Waals surface area (Å²) in [5.41, 5.74) is 7.91. The summed E-state index contributed by atoms with van der Waals surface area (Å²) < 4.78 is 0. The zero-order valence-electron chi connectivity index (χ0n) is 16.4. The molecule has 3 aromatic carbocycles. The Morgan fingerprint density at radius 2 is 1.28 bits per heavy atom. The Morgan fingerprint density at radius 1 is 0.724 bits per heavy atom. The van der Waals surface area contributed by atoms with Crippen LogP contribution >= 0.6 is 0 Å². The molecular weight excluding hydrogens is 352 g/mol. The number of carbonyl (C=O) groups is 1. The van der Waals surface area contributed by atoms with E-state index in [9.17, 15) is 4.79 Å². The summed E-state index contributed by atoms with van der Waals surface area (Å²) in [6.45, 7) is 1.58. The lowest BCUT2D eigenvalue weighted by molar-refractivity contribution is -0.112. The van der Waals surface area contributed by atoms with Crippen LogP contribution in [0.25, 0.3) is 17.2 Å². The second-order valence-electron chi connectivity index (χ2n) is 7.03. The fourth-order valence-electron chi connectivity index (χ4n) is 3.60. The lowest BCUT2D eigenvalue weighted by atomic mass is 9.93. The zero-order valence-corrected chi connectivity index (χ0v) is 16.4. The van der Waals surface area contributed by atoms with Crippen LogP contribution in [0.4, 0.5) is 0 Å². The van der Waals surface area contributed by atoms with Crippen molar-refractivity contribution in [2.75, 3.05) is 0 Å². The van der Waals surface area contributed by atoms with E-state index < -0.39 is 0 Å². The molecule has 140 valence electrons. The second kappa shape index (κ2) is 8.53. The molecule has 0 atom stereocenters. The molecule has 1 aliphatic carbocycles. The van der Waals surface area contributed by atoms with E-state index in [1.54, 1.807) is 13.0 Å². The van der Waals surface area contributed by atoms with E-state index in [1.807, 2.05) is 48.5 Å². The predicted octanol–water partition coefficient (Wildman–Crippen LogP) is 6.77. The van der Waals surface area contributed by atoms with E-state index in [0.29, 0.717) is 0 Å². The normalized spacial score (nSPS) is 15.2. The molecule has 0 amide bonds. The van der Waals surface area contributed by atoms with Crippen LogP contribution in [0.1, 0.15) is 23.6 Å². The summed E-state index contributed by atoms with van der Waals surface area (Å²) in [7, 11) is 0. The Kier molecular flexibility index (Phi) is 5.49. The smallest absolute Gasteiger partial charge is 0.152 e. The highest BCUT2D eigenvalue weighted by Gasteiger charge is 2.22. The molecule has 0 radical (unpaired) electrons. The van der Waals surface area contributed by atoms with Gasteiger partial charge in [-0.05, 0) is 64.1 Å². The van der Waals surface area contributed by atoms with Crippen LogP contribution in [0.2, 0.25) is 0 Å². The van der Waals surface area contributed by atoms with E-state index in [0.717, 1.165) is 39.0 Å². The molecule has 1 aliphatic rings. The van der Waals surface area contributed by atoms with Gasteiger partial charge in [0.05, 0.1) is 0 Å². The Bertz CT molecular complexity index is 1130. The summed E-state index contributed by atoms with van der Waals surface area (Å²) in [6, 6.07) is 31.0. The molecule has 0 bridgehead atoms. The number of allylic oxidation sites excluding steroid dienone is 7. The average Bonchev–Trinajstić information content (AvgIpc) is 3.12. The number of benzene rings is 3. The van der Waals surface area contributed by atoms with Crippen molar-refractivity contribution >= 4 is 23.0 Å². The number of carbonyl (C=O) groups excluding carboxylic acids is 1. The van der Waals surface area contributed by atoms with Gasteiger partial charge < -0.3 is 0 Å². The van der Waals surface area contributed by atoms with Crippen LogP contribution in [0.3, 0.4) is 0 Å². The van der Waals surface area contributed by atoms with Gasteiger partial charge in [0, 0.05) is 0 Å². The molecule has 0 aliphatic heterocycles. The number of hydrogen-bond donors (Lipinski definition) is 0. The van der Waals surface area contributed by atoms with Crippen LogP contribution in [0.5, 0.6) is 0 Å². The minimum absolute atomic E-state index is 0.0396. The van der Waals surface area contributed by atoms with Crippen molar-refractivity contribution in [3.05, 3.63) is 137 Å². The van der Waals surface area contributed by atoms with E-state index in [2.05, 4.69) is 60.7 Å². The second-order valence-corrected chi connectivity index (χ2v) is 7.03. The van der Waals surface area contributed by atoms with Gasteiger partial charge in [-0.1, -0.05) is 97.1 Å². The van der Waals surface area contributed by atoms with E-state index >= 15 is 0 Å². The number of rotatable bonds is 5. The first-order chi connectivity index (χ1) is 14.2. The topological polar surface area (TPSA) is 17.1 Å². The van der Waals surface area contributed by atoms with Crippen molar-refractivity contribution in [2.45, 2.75) is 6.92 Å². The molecule has 29 heavy (non-hydrogen) atoms. The highest BCUT2D eigenvalue weighted by molar-refractivity contribution is 6.08. The maximum absolute atomic E-state index is 11.7. The summed E-state index contributed by atoms with van der Waals surface area (Å²) in [4.78, 5) is 11.7. The third kappa shape index (κ3) is 4.25. The standard InChI is InChI=1S/C28H22O/c1-21(29)17-18-26-27(23-13-7-3-8-14-23)20-25(19-22-11-5-2-6-12-22)28(26)24-15-9-4-10-16-24/h2-20H,1H3/b18-17+,25-19+. The first-order valence-corrected chi connectivity index (χ1v) is 9.75. The van der Waals surface area contributed by atoms with Gasteiger partial charge in [-0.25, -0.2) is 0 Å². The van der Waals surface area contributed by atoms with Crippen molar-refractivity contribution in [3.63, 3.8) is 0 Å². The third-order valence-electron chi connectivity index (χ3n) is 4.90. The third-order valence-corrected chi connectivity index (χ3v) is 4.90. The van der Waals surface area contributed by atoms with E-state index in [1.165, 1.54) is 0 Å². The van der Waals surface area contributed by atoms with Crippen LogP contribution in [0, 0.1) is 0 Å². The SMILES string of the molecule is CC(=O)/C=C/C1=C(c2ccccc2)C(=C/c2ccccc2)/C=C1c1ccccc1. The summed E-state index contributed by atoms with van der Waals surface area (Å²) >= 11 is 0. The number of ketones is 1. The Labute approximate surface area is 172 Å². The predicted molar refractivity (Wildman–Crippen MR) is 122 cm³/mol. The maximum atomic E-state index is 11.7. The molecule has 0 fully saturated rings. The fourth-order valence-corrected chi connectivity index (χ4v) is 3.60. The Hall–Kier alpha value is -3.71. The first kappa shape index (κ1) is 18.6. The molecular formula is C28H22O. The molecule has 4 rings (SSSR count). The largest absolute Gasteiger partial charge is 0.295 e. The molecule has 3 aromatic rings. The van der Waals surface area contributed by atoms with Crippen LogP contribution in [-0.4, -0.2) is 5.78 Å². The van der Waals surface area contributed by atoms with Gasteiger partial charge in [0.25, 0.3) is 0 Å². The van der Waals surface area contributed by atoms with Crippen molar-refractivity contribution in [3.8, 4) is 0 Å². The van der Waals surface area contributed by atoms with Crippen molar-refractivity contribution in [2.24, 2.45) is 0 Å². The van der Waals surface area contributed by atoms with E-state index in [-0.39, 0.29) is 5.78 Å². The Morgan fingerprint density at radius 3 is 1.86 bits per heavy atom. The van der Waals surface area contributed by atoms with Gasteiger partial charge >= 0.3 is 0 Å². The Balaban J connectivity index is 1.97. The minimum atomic E-state index is 0.0396. The first-order valence-electron chi connectivity index (χ1n) is 9.75.